The van der Waals surface area contributed by atoms with Gasteiger partial charge in [0.1, 0.15) is 5.82 Å². The van der Waals surface area contributed by atoms with Crippen LogP contribution in [0, 0.1) is 12.7 Å². The number of hydrogen-bond donors (Lipinski definition) is 0. The lowest BCUT2D eigenvalue weighted by Gasteiger charge is -2.21. The first kappa shape index (κ1) is 13.0. The van der Waals surface area contributed by atoms with Crippen LogP contribution in [0.3, 0.4) is 0 Å². The van der Waals surface area contributed by atoms with E-state index in [1.165, 1.54) is 12.1 Å². The molecule has 0 bridgehead atoms. The van der Waals surface area contributed by atoms with E-state index >= 15 is 0 Å². The molecule has 0 spiro atoms. The summed E-state index contributed by atoms with van der Waals surface area (Å²) in [6, 6.07) is 4.45. The van der Waals surface area contributed by atoms with Crippen molar-refractivity contribution in [2.24, 2.45) is 0 Å². The second-order valence-electron chi connectivity index (χ2n) is 4.78. The quantitative estimate of drug-likeness (QED) is 0.825. The third-order valence-corrected chi connectivity index (χ3v) is 3.25. The minimum atomic E-state index is -0.284. The Hall–Kier alpha value is -1.42. The van der Waals surface area contributed by atoms with Gasteiger partial charge in [0.15, 0.2) is 0 Å². The first-order chi connectivity index (χ1) is 8.58. The Morgan fingerprint density at radius 1 is 1.56 bits per heavy atom. The van der Waals surface area contributed by atoms with Crippen LogP contribution in [0.25, 0.3) is 0 Å². The molecular weight excluding hydrogens is 233 g/mol. The van der Waals surface area contributed by atoms with Crippen molar-refractivity contribution in [1.82, 2.24) is 4.90 Å². The van der Waals surface area contributed by atoms with Gasteiger partial charge in [-0.25, -0.2) is 4.39 Å². The number of hydrogen-bond acceptors (Lipinski definition) is 2. The molecule has 18 heavy (non-hydrogen) atoms. The summed E-state index contributed by atoms with van der Waals surface area (Å²) in [6.07, 6.45) is 2.20. The monoisotopic (exact) mass is 251 g/mol. The molecule has 0 aliphatic carbocycles. The smallest absolute Gasteiger partial charge is 0.253 e. The van der Waals surface area contributed by atoms with Crippen molar-refractivity contribution in [3.8, 4) is 0 Å². The molecule has 0 saturated carbocycles. The summed E-state index contributed by atoms with van der Waals surface area (Å²) < 4.78 is 18.6. The largest absolute Gasteiger partial charge is 0.376 e. The lowest BCUT2D eigenvalue weighted by molar-refractivity contribution is 0.0587. The number of benzene rings is 1. The number of halogens is 1. The fraction of sp³-hybridized carbons (Fsp3) is 0.500. The number of amides is 1. The number of rotatable bonds is 3. The molecule has 2 rings (SSSR count). The van der Waals surface area contributed by atoms with Gasteiger partial charge in [0.05, 0.1) is 6.10 Å². The minimum absolute atomic E-state index is 0.0893. The van der Waals surface area contributed by atoms with E-state index < -0.39 is 0 Å². The van der Waals surface area contributed by atoms with Gasteiger partial charge in [-0.05, 0) is 43.5 Å². The highest BCUT2D eigenvalue weighted by molar-refractivity contribution is 5.94. The van der Waals surface area contributed by atoms with Crippen molar-refractivity contribution in [1.29, 1.82) is 0 Å². The summed E-state index contributed by atoms with van der Waals surface area (Å²) in [4.78, 5) is 13.8. The molecule has 1 heterocycles. The van der Waals surface area contributed by atoms with Crippen LogP contribution in [0.15, 0.2) is 18.2 Å². The van der Waals surface area contributed by atoms with Gasteiger partial charge >= 0.3 is 0 Å². The minimum Gasteiger partial charge on any atom is -0.376 e. The summed E-state index contributed by atoms with van der Waals surface area (Å²) in [5.41, 5.74) is 1.01. The van der Waals surface area contributed by atoms with Crippen LogP contribution in [-0.2, 0) is 4.74 Å². The van der Waals surface area contributed by atoms with Gasteiger partial charge in [-0.1, -0.05) is 0 Å². The number of nitrogens with zero attached hydrogens (tertiary/aromatic N) is 1. The fourth-order valence-corrected chi connectivity index (χ4v) is 2.17. The summed E-state index contributed by atoms with van der Waals surface area (Å²) in [5.74, 6) is -0.373. The highest BCUT2D eigenvalue weighted by Gasteiger charge is 2.21. The average Bonchev–Trinajstić information content (AvgIpc) is 2.84. The van der Waals surface area contributed by atoms with Gasteiger partial charge in [-0.3, -0.25) is 4.79 Å². The highest BCUT2D eigenvalue weighted by Crippen LogP contribution is 2.15. The Labute approximate surface area is 107 Å². The number of ether oxygens (including phenoxy) is 1. The van der Waals surface area contributed by atoms with Crippen LogP contribution in [0.5, 0.6) is 0 Å². The molecule has 3 nitrogen and oxygen atoms in total. The van der Waals surface area contributed by atoms with E-state index in [9.17, 15) is 9.18 Å². The predicted octanol–water partition coefficient (Wildman–Crippen LogP) is 2.39. The van der Waals surface area contributed by atoms with E-state index in [2.05, 4.69) is 0 Å². The first-order valence-corrected chi connectivity index (χ1v) is 6.21. The highest BCUT2D eigenvalue weighted by atomic mass is 19.1. The number of aryl methyl sites for hydroxylation is 1. The standard InChI is InChI=1S/C14H18FNO2/c1-10-8-11(5-6-13(10)15)14(17)16(2)9-12-4-3-7-18-12/h5-6,8,12H,3-4,7,9H2,1-2H3. The van der Waals surface area contributed by atoms with Gasteiger partial charge in [-0.2, -0.15) is 0 Å². The topological polar surface area (TPSA) is 29.5 Å². The summed E-state index contributed by atoms with van der Waals surface area (Å²) in [5, 5.41) is 0. The Morgan fingerprint density at radius 2 is 2.33 bits per heavy atom. The number of carbonyl (C=O) groups excluding carboxylic acids is 1. The second-order valence-corrected chi connectivity index (χ2v) is 4.78. The molecule has 1 saturated heterocycles. The zero-order valence-electron chi connectivity index (χ0n) is 10.8. The van der Waals surface area contributed by atoms with Crippen LogP contribution in [0.4, 0.5) is 4.39 Å². The summed E-state index contributed by atoms with van der Waals surface area (Å²) in [6.45, 7) is 3.03. The van der Waals surface area contributed by atoms with Crippen molar-refractivity contribution in [3.05, 3.63) is 35.1 Å². The van der Waals surface area contributed by atoms with Gasteiger partial charge in [0, 0.05) is 25.8 Å². The van der Waals surface area contributed by atoms with Crippen LogP contribution >= 0.6 is 0 Å². The molecule has 1 amide bonds. The van der Waals surface area contributed by atoms with Gasteiger partial charge < -0.3 is 9.64 Å². The van der Waals surface area contributed by atoms with Crippen molar-refractivity contribution in [2.45, 2.75) is 25.9 Å². The first-order valence-electron chi connectivity index (χ1n) is 6.21. The summed E-state index contributed by atoms with van der Waals surface area (Å²) in [7, 11) is 1.75. The molecule has 1 atom stereocenters. The molecule has 0 aromatic heterocycles. The van der Waals surface area contributed by atoms with E-state index in [-0.39, 0.29) is 17.8 Å². The second kappa shape index (κ2) is 5.48. The van der Waals surface area contributed by atoms with Crippen LogP contribution in [0.2, 0.25) is 0 Å². The van der Waals surface area contributed by atoms with Gasteiger partial charge in [-0.15, -0.1) is 0 Å². The third kappa shape index (κ3) is 2.88. The molecular formula is C14H18FNO2. The Morgan fingerprint density at radius 3 is 2.94 bits per heavy atom. The maximum absolute atomic E-state index is 13.1. The van der Waals surface area contributed by atoms with Gasteiger partial charge in [0.25, 0.3) is 5.91 Å². The predicted molar refractivity (Wildman–Crippen MR) is 67.1 cm³/mol. The molecule has 1 unspecified atom stereocenters. The van der Waals surface area contributed by atoms with Crippen LogP contribution in [-0.4, -0.2) is 37.1 Å². The zero-order chi connectivity index (χ0) is 13.1. The molecule has 0 N–H and O–H groups in total. The lowest BCUT2D eigenvalue weighted by Crippen LogP contribution is -2.34. The van der Waals surface area contributed by atoms with Crippen molar-refractivity contribution in [2.75, 3.05) is 20.2 Å². The number of carbonyl (C=O) groups is 1. The molecule has 1 fully saturated rings. The van der Waals surface area contributed by atoms with E-state index in [1.54, 1.807) is 24.9 Å². The van der Waals surface area contributed by atoms with E-state index in [0.717, 1.165) is 19.4 Å². The Balaban J connectivity index is 2.02. The maximum atomic E-state index is 13.1. The zero-order valence-corrected chi connectivity index (χ0v) is 10.8. The Bertz CT molecular complexity index is 441. The third-order valence-electron chi connectivity index (χ3n) is 3.25. The molecule has 1 aliphatic heterocycles. The Kier molecular flexibility index (Phi) is 3.97. The van der Waals surface area contributed by atoms with E-state index in [4.69, 9.17) is 4.74 Å². The van der Waals surface area contributed by atoms with E-state index in [0.29, 0.717) is 17.7 Å². The van der Waals surface area contributed by atoms with Crippen molar-refractivity contribution in [3.63, 3.8) is 0 Å². The summed E-state index contributed by atoms with van der Waals surface area (Å²) >= 11 is 0. The fourth-order valence-electron chi connectivity index (χ4n) is 2.17. The molecule has 98 valence electrons. The SMILES string of the molecule is Cc1cc(C(=O)N(C)CC2CCCO2)ccc1F. The molecule has 1 aliphatic rings. The average molecular weight is 251 g/mol. The van der Waals surface area contributed by atoms with Gasteiger partial charge in [0.2, 0.25) is 0 Å². The van der Waals surface area contributed by atoms with Crippen molar-refractivity contribution >= 4 is 5.91 Å². The lowest BCUT2D eigenvalue weighted by atomic mass is 10.1. The molecule has 1 aromatic carbocycles. The van der Waals surface area contributed by atoms with Crippen LogP contribution in [0.1, 0.15) is 28.8 Å². The normalized spacial score (nSPS) is 18.9. The van der Waals surface area contributed by atoms with Crippen LogP contribution < -0.4 is 0 Å². The van der Waals surface area contributed by atoms with E-state index in [1.807, 2.05) is 0 Å². The molecule has 0 radical (unpaired) electrons. The maximum Gasteiger partial charge on any atom is 0.253 e. The molecule has 1 aromatic rings. The molecule has 4 heteroatoms. The number of likely N-dealkylation sites (N-methyl/N-ethyl adjacent to an activating group) is 1. The van der Waals surface area contributed by atoms with Crippen molar-refractivity contribution < 1.29 is 13.9 Å².